The van der Waals surface area contributed by atoms with E-state index in [0.29, 0.717) is 12.1 Å². The largest absolute Gasteiger partial charge is 0.505 e. The van der Waals surface area contributed by atoms with Gasteiger partial charge in [0.1, 0.15) is 5.82 Å². The first-order valence-electron chi connectivity index (χ1n) is 3.65. The summed E-state index contributed by atoms with van der Waals surface area (Å²) in [4.78, 5) is 0. The van der Waals surface area contributed by atoms with E-state index in [2.05, 4.69) is 0 Å². The Morgan fingerprint density at radius 3 is 2.14 bits per heavy atom. The predicted octanol–water partition coefficient (Wildman–Crippen LogP) is 1.94. The Bertz CT molecular complexity index is 342. The zero-order valence-corrected chi connectivity index (χ0v) is 6.85. The molecule has 78 valence electrons. The van der Waals surface area contributed by atoms with Crippen molar-refractivity contribution in [3.8, 4) is 5.75 Å². The van der Waals surface area contributed by atoms with Crippen LogP contribution < -0.4 is 5.73 Å². The van der Waals surface area contributed by atoms with Gasteiger partial charge in [-0.3, -0.25) is 0 Å². The van der Waals surface area contributed by atoms with Gasteiger partial charge in [-0.1, -0.05) is 0 Å². The minimum atomic E-state index is -3.07. The highest BCUT2D eigenvalue weighted by Crippen LogP contribution is 2.31. The molecule has 1 rings (SSSR count). The zero-order valence-electron chi connectivity index (χ0n) is 6.85. The Balaban J connectivity index is 3.25. The van der Waals surface area contributed by atoms with Crippen LogP contribution in [0.5, 0.6) is 5.75 Å². The SMILES string of the molecule is N[C@@H](c1c(F)ccc(F)c1O)C(F)F. The van der Waals surface area contributed by atoms with Gasteiger partial charge < -0.3 is 10.8 Å². The fourth-order valence-corrected chi connectivity index (χ4v) is 1.000. The molecule has 0 saturated heterocycles. The monoisotopic (exact) mass is 209 g/mol. The van der Waals surface area contributed by atoms with Gasteiger partial charge in [-0.15, -0.1) is 0 Å². The van der Waals surface area contributed by atoms with Gasteiger partial charge in [-0.05, 0) is 12.1 Å². The fraction of sp³-hybridized carbons (Fsp3) is 0.250. The van der Waals surface area contributed by atoms with Crippen molar-refractivity contribution in [3.63, 3.8) is 0 Å². The van der Waals surface area contributed by atoms with Crippen LogP contribution in [0.25, 0.3) is 0 Å². The van der Waals surface area contributed by atoms with Gasteiger partial charge in [0.15, 0.2) is 11.6 Å². The maximum atomic E-state index is 12.9. The fourth-order valence-electron chi connectivity index (χ4n) is 1.000. The molecule has 1 atom stereocenters. The number of alkyl halides is 2. The van der Waals surface area contributed by atoms with Crippen molar-refractivity contribution in [1.82, 2.24) is 0 Å². The number of phenolic OH excluding ortho intramolecular Hbond substituents is 1. The van der Waals surface area contributed by atoms with Gasteiger partial charge in [0, 0.05) is 0 Å². The van der Waals surface area contributed by atoms with Gasteiger partial charge in [-0.2, -0.15) is 0 Å². The van der Waals surface area contributed by atoms with Gasteiger partial charge >= 0.3 is 0 Å². The molecule has 0 radical (unpaired) electrons. The quantitative estimate of drug-likeness (QED) is 0.731. The third kappa shape index (κ3) is 1.79. The summed E-state index contributed by atoms with van der Waals surface area (Å²) in [6.07, 6.45) is -3.07. The second kappa shape index (κ2) is 3.83. The molecule has 0 aliphatic rings. The summed E-state index contributed by atoms with van der Waals surface area (Å²) in [5.41, 5.74) is 3.99. The summed E-state index contributed by atoms with van der Waals surface area (Å²) >= 11 is 0. The third-order valence-electron chi connectivity index (χ3n) is 1.72. The van der Waals surface area contributed by atoms with Crippen LogP contribution in [-0.2, 0) is 0 Å². The molecule has 14 heavy (non-hydrogen) atoms. The minimum Gasteiger partial charge on any atom is -0.505 e. The molecule has 0 fully saturated rings. The van der Waals surface area contributed by atoms with Crippen LogP contribution in [0.3, 0.4) is 0 Å². The van der Waals surface area contributed by atoms with E-state index in [-0.39, 0.29) is 0 Å². The van der Waals surface area contributed by atoms with Crippen LogP contribution in [-0.4, -0.2) is 11.5 Å². The number of hydrogen-bond donors (Lipinski definition) is 2. The van der Waals surface area contributed by atoms with Crippen LogP contribution in [0.1, 0.15) is 11.6 Å². The zero-order chi connectivity index (χ0) is 10.9. The first-order chi connectivity index (χ1) is 6.45. The van der Waals surface area contributed by atoms with E-state index in [0.717, 1.165) is 0 Å². The number of aromatic hydroxyl groups is 1. The molecule has 2 nitrogen and oxygen atoms in total. The normalized spacial score (nSPS) is 13.3. The van der Waals surface area contributed by atoms with Crippen molar-refractivity contribution in [1.29, 1.82) is 0 Å². The van der Waals surface area contributed by atoms with Crippen LogP contribution in [0.4, 0.5) is 17.6 Å². The summed E-state index contributed by atoms with van der Waals surface area (Å²) in [5, 5.41) is 8.97. The highest BCUT2D eigenvalue weighted by Gasteiger charge is 2.26. The summed E-state index contributed by atoms with van der Waals surface area (Å²) < 4.78 is 49.7. The topological polar surface area (TPSA) is 46.2 Å². The first-order valence-corrected chi connectivity index (χ1v) is 3.65. The number of rotatable bonds is 2. The van der Waals surface area contributed by atoms with Crippen molar-refractivity contribution < 1.29 is 22.7 Å². The van der Waals surface area contributed by atoms with Crippen molar-refractivity contribution in [3.05, 3.63) is 29.3 Å². The predicted molar refractivity (Wildman–Crippen MR) is 41.0 cm³/mol. The summed E-state index contributed by atoms with van der Waals surface area (Å²) in [6.45, 7) is 0. The van der Waals surface area contributed by atoms with Crippen LogP contribution in [0.2, 0.25) is 0 Å². The molecule has 0 aromatic heterocycles. The molecule has 0 aliphatic heterocycles. The van der Waals surface area contributed by atoms with E-state index in [4.69, 9.17) is 10.8 Å². The Morgan fingerprint density at radius 2 is 1.64 bits per heavy atom. The number of halogens is 4. The lowest BCUT2D eigenvalue weighted by Gasteiger charge is -2.13. The lowest BCUT2D eigenvalue weighted by Crippen LogP contribution is -2.20. The lowest BCUT2D eigenvalue weighted by molar-refractivity contribution is 0.113. The van der Waals surface area contributed by atoms with E-state index in [9.17, 15) is 17.6 Å². The molecule has 0 spiro atoms. The van der Waals surface area contributed by atoms with Crippen LogP contribution in [0, 0.1) is 11.6 Å². The van der Waals surface area contributed by atoms with Crippen molar-refractivity contribution >= 4 is 0 Å². The van der Waals surface area contributed by atoms with E-state index < -0.39 is 35.4 Å². The molecule has 0 heterocycles. The second-order valence-electron chi connectivity index (χ2n) is 2.65. The standard InChI is InChI=1S/C8H7F4NO/c9-3-1-2-4(10)7(14)5(3)6(13)8(11)12/h1-2,6,8,14H,13H2/t6-/m0/s1. The van der Waals surface area contributed by atoms with E-state index in [1.54, 1.807) is 0 Å². The Morgan fingerprint density at radius 1 is 1.14 bits per heavy atom. The van der Waals surface area contributed by atoms with Crippen molar-refractivity contribution in [2.24, 2.45) is 5.73 Å². The summed E-state index contributed by atoms with van der Waals surface area (Å²) in [7, 11) is 0. The third-order valence-corrected chi connectivity index (χ3v) is 1.72. The van der Waals surface area contributed by atoms with E-state index in [1.807, 2.05) is 0 Å². The Labute approximate surface area is 77.0 Å². The number of benzene rings is 1. The van der Waals surface area contributed by atoms with Gasteiger partial charge in [0.2, 0.25) is 0 Å². The maximum Gasteiger partial charge on any atom is 0.257 e. The van der Waals surface area contributed by atoms with Gasteiger partial charge in [-0.25, -0.2) is 17.6 Å². The van der Waals surface area contributed by atoms with E-state index >= 15 is 0 Å². The van der Waals surface area contributed by atoms with Crippen LogP contribution >= 0.6 is 0 Å². The number of phenols is 1. The maximum absolute atomic E-state index is 12.9. The highest BCUT2D eigenvalue weighted by atomic mass is 19.3. The van der Waals surface area contributed by atoms with E-state index in [1.165, 1.54) is 0 Å². The Hall–Kier alpha value is -1.30. The van der Waals surface area contributed by atoms with Crippen molar-refractivity contribution in [2.75, 3.05) is 0 Å². The van der Waals surface area contributed by atoms with Gasteiger partial charge in [0.25, 0.3) is 6.43 Å². The molecular weight excluding hydrogens is 202 g/mol. The minimum absolute atomic E-state index is 0.631. The molecular formula is C8H7F4NO. The molecule has 0 bridgehead atoms. The average Bonchev–Trinajstić information content (AvgIpc) is 2.12. The summed E-state index contributed by atoms with van der Waals surface area (Å²) in [5.74, 6) is -3.51. The molecule has 3 N–H and O–H groups in total. The molecule has 6 heteroatoms. The highest BCUT2D eigenvalue weighted by molar-refractivity contribution is 5.37. The number of nitrogens with two attached hydrogens (primary N) is 1. The Kier molecular flexibility index (Phi) is 2.95. The lowest BCUT2D eigenvalue weighted by atomic mass is 10.1. The first kappa shape index (κ1) is 10.8. The molecule has 1 aromatic rings. The molecule has 0 aliphatic carbocycles. The molecule has 1 aromatic carbocycles. The smallest absolute Gasteiger partial charge is 0.257 e. The second-order valence-corrected chi connectivity index (χ2v) is 2.65. The molecule has 0 saturated carbocycles. The molecule has 0 unspecified atom stereocenters. The average molecular weight is 209 g/mol. The summed E-state index contributed by atoms with van der Waals surface area (Å²) in [6, 6.07) is -0.774. The molecule has 0 amide bonds. The van der Waals surface area contributed by atoms with Gasteiger partial charge in [0.05, 0.1) is 11.6 Å². The van der Waals surface area contributed by atoms with Crippen LogP contribution in [0.15, 0.2) is 12.1 Å². The van der Waals surface area contributed by atoms with Crippen molar-refractivity contribution in [2.45, 2.75) is 12.5 Å². The number of hydrogen-bond acceptors (Lipinski definition) is 2.